The topological polar surface area (TPSA) is 121 Å². The molecule has 3 saturated carbocycles. The average molecular weight is 478 g/mol. The summed E-state index contributed by atoms with van der Waals surface area (Å²) in [7, 11) is 0. The van der Waals surface area contributed by atoms with E-state index in [4.69, 9.17) is 16.3 Å². The van der Waals surface area contributed by atoms with Crippen molar-refractivity contribution in [2.45, 2.75) is 55.9 Å². The molecule has 0 radical (unpaired) electrons. The number of amides is 2. The number of ether oxygens (including phenoxy) is 1. The summed E-state index contributed by atoms with van der Waals surface area (Å²) in [5.74, 6) is -1.25. The molecule has 10 heteroatoms. The van der Waals surface area contributed by atoms with Crippen LogP contribution in [0.15, 0.2) is 36.4 Å². The molecule has 3 aliphatic carbocycles. The number of nitrogens with zero attached hydrogens (tertiary/aromatic N) is 1. The van der Waals surface area contributed by atoms with Crippen molar-refractivity contribution in [1.82, 2.24) is 15.6 Å². The van der Waals surface area contributed by atoms with E-state index in [0.29, 0.717) is 37.8 Å². The van der Waals surface area contributed by atoms with Gasteiger partial charge in [-0.25, -0.2) is 9.37 Å². The predicted molar refractivity (Wildman–Crippen MR) is 117 cm³/mol. The zero-order valence-corrected chi connectivity index (χ0v) is 18.6. The van der Waals surface area contributed by atoms with Gasteiger partial charge in [0.05, 0.1) is 29.0 Å². The van der Waals surface area contributed by atoms with E-state index in [1.54, 1.807) is 18.2 Å². The van der Waals surface area contributed by atoms with Gasteiger partial charge in [0.1, 0.15) is 17.3 Å². The Labute approximate surface area is 195 Å². The molecule has 3 aliphatic rings. The Kier molecular flexibility index (Phi) is 6.56. The maximum Gasteiger partial charge on any atom is 0.270 e. The maximum atomic E-state index is 13.5. The van der Waals surface area contributed by atoms with Gasteiger partial charge in [0.25, 0.3) is 11.8 Å². The molecule has 33 heavy (non-hydrogen) atoms. The van der Waals surface area contributed by atoms with Gasteiger partial charge in [-0.3, -0.25) is 9.59 Å². The number of benzene rings is 1. The van der Waals surface area contributed by atoms with Crippen molar-refractivity contribution in [3.05, 3.63) is 58.6 Å². The fraction of sp³-hybridized carbons (Fsp3) is 0.435. The van der Waals surface area contributed by atoms with Gasteiger partial charge < -0.3 is 25.6 Å². The van der Waals surface area contributed by atoms with E-state index in [2.05, 4.69) is 15.6 Å². The summed E-state index contributed by atoms with van der Waals surface area (Å²) in [6.07, 6.45) is 1.58. The molecule has 176 valence electrons. The summed E-state index contributed by atoms with van der Waals surface area (Å²) in [5.41, 5.74) is -0.778. The highest BCUT2D eigenvalue weighted by Gasteiger charge is 2.55. The third kappa shape index (κ3) is 4.95. The van der Waals surface area contributed by atoms with Crippen molar-refractivity contribution >= 4 is 23.4 Å². The zero-order valence-electron chi connectivity index (χ0n) is 17.8. The quantitative estimate of drug-likeness (QED) is 0.484. The van der Waals surface area contributed by atoms with Crippen LogP contribution in [0, 0.1) is 5.82 Å². The maximum absolute atomic E-state index is 13.5. The molecule has 1 atom stereocenters. The number of rotatable bonds is 7. The Balaban J connectivity index is 1.35. The van der Waals surface area contributed by atoms with Gasteiger partial charge in [0.2, 0.25) is 0 Å². The van der Waals surface area contributed by atoms with Crippen molar-refractivity contribution in [2.75, 3.05) is 6.61 Å². The Morgan fingerprint density at radius 3 is 2.61 bits per heavy atom. The van der Waals surface area contributed by atoms with Crippen LogP contribution in [0.3, 0.4) is 0 Å². The van der Waals surface area contributed by atoms with Gasteiger partial charge in [-0.15, -0.1) is 0 Å². The monoisotopic (exact) mass is 477 g/mol. The van der Waals surface area contributed by atoms with Crippen LogP contribution in [0.1, 0.15) is 48.3 Å². The molecule has 1 aromatic heterocycles. The summed E-state index contributed by atoms with van der Waals surface area (Å²) in [5, 5.41) is 26.0. The highest BCUT2D eigenvalue weighted by atomic mass is 35.5. The number of halogens is 2. The van der Waals surface area contributed by atoms with Crippen molar-refractivity contribution in [3.63, 3.8) is 0 Å². The van der Waals surface area contributed by atoms with Crippen molar-refractivity contribution < 1.29 is 28.9 Å². The first kappa shape index (κ1) is 23.4. The van der Waals surface area contributed by atoms with Gasteiger partial charge in [0, 0.05) is 11.6 Å². The van der Waals surface area contributed by atoms with Crippen LogP contribution in [0.5, 0.6) is 5.75 Å². The summed E-state index contributed by atoms with van der Waals surface area (Å²) >= 11 is 5.64. The number of hydrogen-bond donors (Lipinski definition) is 4. The molecule has 8 nitrogen and oxygen atoms in total. The van der Waals surface area contributed by atoms with E-state index >= 15 is 0 Å². The molecule has 0 unspecified atom stereocenters. The Morgan fingerprint density at radius 2 is 1.94 bits per heavy atom. The van der Waals surface area contributed by atoms with E-state index in [9.17, 15) is 24.2 Å². The van der Waals surface area contributed by atoms with Gasteiger partial charge in [0.15, 0.2) is 6.61 Å². The van der Waals surface area contributed by atoms with Crippen LogP contribution in [0.4, 0.5) is 4.39 Å². The lowest BCUT2D eigenvalue weighted by molar-refractivity contribution is -0.132. The fourth-order valence-electron chi connectivity index (χ4n) is 4.69. The molecule has 1 aromatic carbocycles. The molecule has 2 bridgehead atoms. The lowest BCUT2D eigenvalue weighted by atomic mass is 9.60. The number of nitrogens with one attached hydrogen (secondary N) is 2. The van der Waals surface area contributed by atoms with Crippen molar-refractivity contribution in [2.24, 2.45) is 0 Å². The van der Waals surface area contributed by atoms with Crippen LogP contribution in [-0.2, 0) is 11.4 Å². The first-order valence-electron chi connectivity index (χ1n) is 10.7. The minimum Gasteiger partial charge on any atom is -0.484 e. The standard InChI is InChI=1S/C23H25ClFN3O5/c24-16-5-4-15(10-17(16)25)33-13-20(31)27-23-8-6-22(7-9-23,11-19(23)30)28-21(32)18-3-1-2-14(12-29)26-18/h1-5,10,19,29-30H,6-9,11-13H2,(H,27,31)(H,28,32)/t19-,22?,23?/m0/s1. The van der Waals surface area contributed by atoms with Crippen molar-refractivity contribution in [3.8, 4) is 5.75 Å². The molecule has 0 saturated heterocycles. The minimum absolute atomic E-state index is 0.0364. The van der Waals surface area contributed by atoms with Gasteiger partial charge in [-0.05, 0) is 56.4 Å². The Hall–Kier alpha value is -2.75. The van der Waals surface area contributed by atoms with Gasteiger partial charge >= 0.3 is 0 Å². The van der Waals surface area contributed by atoms with Crippen LogP contribution in [-0.4, -0.2) is 50.8 Å². The third-order valence-electron chi connectivity index (χ3n) is 6.55. The SMILES string of the molecule is O=C(COc1ccc(Cl)c(F)c1)NC12CCC(NC(=O)c3cccc(CO)n3)(CC1)C[C@@H]2O. The minimum atomic E-state index is -0.853. The van der Waals surface area contributed by atoms with E-state index in [-0.39, 0.29) is 35.6 Å². The molecule has 2 aromatic rings. The number of hydrogen-bond acceptors (Lipinski definition) is 6. The molecule has 4 N–H and O–H groups in total. The summed E-state index contributed by atoms with van der Waals surface area (Å²) in [6.45, 7) is -0.589. The second-order valence-electron chi connectivity index (χ2n) is 8.70. The molecule has 1 heterocycles. The number of fused-ring (bicyclic) bond motifs is 3. The summed E-state index contributed by atoms with van der Waals surface area (Å²) in [6, 6.07) is 8.77. The largest absolute Gasteiger partial charge is 0.484 e. The molecule has 3 fully saturated rings. The normalized spacial score (nSPS) is 26.0. The van der Waals surface area contributed by atoms with Crippen LogP contribution in [0.2, 0.25) is 5.02 Å². The molecule has 2 amide bonds. The number of aromatic nitrogens is 1. The molecular formula is C23H25ClFN3O5. The molecule has 0 aliphatic heterocycles. The number of aliphatic hydroxyl groups excluding tert-OH is 2. The van der Waals surface area contributed by atoms with E-state index in [0.717, 1.165) is 6.07 Å². The fourth-order valence-corrected chi connectivity index (χ4v) is 4.81. The molecular weight excluding hydrogens is 453 g/mol. The summed E-state index contributed by atoms with van der Waals surface area (Å²) < 4.78 is 18.9. The zero-order chi connectivity index (χ0) is 23.6. The Morgan fingerprint density at radius 1 is 1.18 bits per heavy atom. The van der Waals surface area contributed by atoms with Crippen LogP contribution >= 0.6 is 11.6 Å². The van der Waals surface area contributed by atoms with Crippen molar-refractivity contribution in [1.29, 1.82) is 0 Å². The first-order chi connectivity index (χ1) is 15.7. The first-order valence-corrected chi connectivity index (χ1v) is 11.1. The number of carbonyl (C=O) groups excluding carboxylic acids is 2. The predicted octanol–water partition coefficient (Wildman–Crippen LogP) is 2.11. The second-order valence-corrected chi connectivity index (χ2v) is 9.10. The van der Waals surface area contributed by atoms with Gasteiger partial charge in [-0.1, -0.05) is 17.7 Å². The highest BCUT2D eigenvalue weighted by Crippen LogP contribution is 2.47. The lowest BCUT2D eigenvalue weighted by Gasteiger charge is -2.56. The third-order valence-corrected chi connectivity index (χ3v) is 6.86. The van der Waals surface area contributed by atoms with E-state index in [1.807, 2.05) is 0 Å². The highest BCUT2D eigenvalue weighted by molar-refractivity contribution is 6.30. The van der Waals surface area contributed by atoms with E-state index in [1.165, 1.54) is 12.1 Å². The number of carbonyl (C=O) groups is 2. The molecule has 0 spiro atoms. The van der Waals surface area contributed by atoms with Crippen LogP contribution in [0.25, 0.3) is 0 Å². The summed E-state index contributed by atoms with van der Waals surface area (Å²) in [4.78, 5) is 29.4. The van der Waals surface area contributed by atoms with Crippen LogP contribution < -0.4 is 15.4 Å². The number of aliphatic hydroxyl groups is 2. The molecule has 5 rings (SSSR count). The number of pyridine rings is 1. The van der Waals surface area contributed by atoms with Gasteiger partial charge in [-0.2, -0.15) is 0 Å². The average Bonchev–Trinajstić information content (AvgIpc) is 2.81. The second kappa shape index (κ2) is 9.24. The Bertz CT molecular complexity index is 1060. The van der Waals surface area contributed by atoms with E-state index < -0.39 is 28.9 Å². The lowest BCUT2D eigenvalue weighted by Crippen LogP contribution is -2.70. The smallest absolute Gasteiger partial charge is 0.270 e.